The van der Waals surface area contributed by atoms with Gasteiger partial charge in [0.2, 0.25) is 5.91 Å². The highest BCUT2D eigenvalue weighted by Gasteiger charge is 2.41. The van der Waals surface area contributed by atoms with E-state index in [0.29, 0.717) is 12.8 Å². The zero-order valence-corrected chi connectivity index (χ0v) is 13.4. The molecule has 5 nitrogen and oxygen atoms in total. The molecule has 0 radical (unpaired) electrons. The first-order chi connectivity index (χ1) is 10.6. The van der Waals surface area contributed by atoms with Crippen LogP contribution in [0.1, 0.15) is 56.4 Å². The Morgan fingerprint density at radius 1 is 1.23 bits per heavy atom. The minimum absolute atomic E-state index is 0.0167. The standard InChI is InChI=1S/C16H22N2O3S/c19-13(11-4-3-5-12(10-11)14(20)21)18-16(6-1-2-7-16)15-17-8-9-22-15/h8-9,11-12H,1-7,10H2,(H,18,19)(H,20,21). The number of aromatic nitrogens is 1. The van der Waals surface area contributed by atoms with Crippen molar-refractivity contribution in [3.63, 3.8) is 0 Å². The van der Waals surface area contributed by atoms with Gasteiger partial charge in [-0.1, -0.05) is 19.3 Å². The number of rotatable bonds is 4. The minimum atomic E-state index is -0.770. The van der Waals surface area contributed by atoms with Gasteiger partial charge in [-0.25, -0.2) is 4.98 Å². The lowest BCUT2D eigenvalue weighted by atomic mass is 9.80. The van der Waals surface area contributed by atoms with Crippen LogP contribution in [0.5, 0.6) is 0 Å². The summed E-state index contributed by atoms with van der Waals surface area (Å²) in [4.78, 5) is 28.3. The first-order valence-corrected chi connectivity index (χ1v) is 8.93. The van der Waals surface area contributed by atoms with Crippen LogP contribution in [-0.4, -0.2) is 22.0 Å². The SMILES string of the molecule is O=C(O)C1CCCC(C(=O)NC2(c3nccs3)CCCC2)C1. The van der Waals surface area contributed by atoms with Gasteiger partial charge in [0.05, 0.1) is 11.5 Å². The molecule has 1 heterocycles. The molecule has 0 aliphatic heterocycles. The number of aliphatic carboxylic acids is 1. The van der Waals surface area contributed by atoms with E-state index in [4.69, 9.17) is 0 Å². The van der Waals surface area contributed by atoms with Crippen molar-refractivity contribution in [3.8, 4) is 0 Å². The second-order valence-corrected chi connectivity index (χ2v) is 7.41. The highest BCUT2D eigenvalue weighted by molar-refractivity contribution is 7.09. The Morgan fingerprint density at radius 3 is 2.59 bits per heavy atom. The molecular formula is C16H22N2O3S. The average Bonchev–Trinajstić information content (AvgIpc) is 3.19. The van der Waals surface area contributed by atoms with Gasteiger partial charge in [-0.05, 0) is 32.1 Å². The molecule has 0 bridgehead atoms. The van der Waals surface area contributed by atoms with E-state index in [-0.39, 0.29) is 23.3 Å². The zero-order chi connectivity index (χ0) is 15.6. The molecule has 1 aromatic rings. The van der Waals surface area contributed by atoms with E-state index in [2.05, 4.69) is 10.3 Å². The summed E-state index contributed by atoms with van der Waals surface area (Å²) < 4.78 is 0. The fourth-order valence-corrected chi connectivity index (χ4v) is 4.67. The largest absolute Gasteiger partial charge is 0.481 e. The lowest BCUT2D eigenvalue weighted by Crippen LogP contribution is -2.47. The number of carboxylic acid groups (broad SMARTS) is 1. The average molecular weight is 322 g/mol. The van der Waals surface area contributed by atoms with Crippen LogP contribution in [-0.2, 0) is 15.1 Å². The third-order valence-electron chi connectivity index (χ3n) is 5.06. The summed E-state index contributed by atoms with van der Waals surface area (Å²) in [6.07, 6.45) is 8.62. The molecule has 3 rings (SSSR count). The molecule has 120 valence electrons. The van der Waals surface area contributed by atoms with E-state index in [9.17, 15) is 14.7 Å². The van der Waals surface area contributed by atoms with E-state index >= 15 is 0 Å². The van der Waals surface area contributed by atoms with Crippen LogP contribution in [0.25, 0.3) is 0 Å². The molecule has 2 aliphatic carbocycles. The minimum Gasteiger partial charge on any atom is -0.481 e. The van der Waals surface area contributed by atoms with E-state index in [1.807, 2.05) is 5.38 Å². The van der Waals surface area contributed by atoms with Crippen LogP contribution in [0.2, 0.25) is 0 Å². The lowest BCUT2D eigenvalue weighted by Gasteiger charge is -2.32. The fraction of sp³-hybridized carbons (Fsp3) is 0.688. The third-order valence-corrected chi connectivity index (χ3v) is 6.03. The Balaban J connectivity index is 1.71. The number of amides is 1. The maximum atomic E-state index is 12.7. The van der Waals surface area contributed by atoms with Crippen molar-refractivity contribution in [3.05, 3.63) is 16.6 Å². The molecule has 2 aliphatic rings. The van der Waals surface area contributed by atoms with Crippen molar-refractivity contribution in [2.24, 2.45) is 11.8 Å². The quantitative estimate of drug-likeness (QED) is 0.893. The monoisotopic (exact) mass is 322 g/mol. The van der Waals surface area contributed by atoms with E-state index < -0.39 is 5.97 Å². The molecule has 2 unspecified atom stereocenters. The summed E-state index contributed by atoms with van der Waals surface area (Å²) >= 11 is 1.59. The van der Waals surface area contributed by atoms with Gasteiger partial charge in [0, 0.05) is 17.5 Å². The molecule has 2 saturated carbocycles. The summed E-state index contributed by atoms with van der Waals surface area (Å²) in [6.45, 7) is 0. The molecule has 2 N–H and O–H groups in total. The van der Waals surface area contributed by atoms with Gasteiger partial charge in [-0.2, -0.15) is 0 Å². The van der Waals surface area contributed by atoms with Crippen molar-refractivity contribution >= 4 is 23.2 Å². The Labute approximate surface area is 134 Å². The van der Waals surface area contributed by atoms with Crippen molar-refractivity contribution < 1.29 is 14.7 Å². The number of carbonyl (C=O) groups is 2. The number of carbonyl (C=O) groups excluding carboxylic acids is 1. The predicted octanol–water partition coefficient (Wildman–Crippen LogP) is 2.92. The second-order valence-electron chi connectivity index (χ2n) is 6.51. The molecule has 2 atom stereocenters. The fourth-order valence-electron chi connectivity index (χ4n) is 3.82. The topological polar surface area (TPSA) is 79.3 Å². The highest BCUT2D eigenvalue weighted by Crippen LogP contribution is 2.40. The second kappa shape index (κ2) is 6.36. The molecule has 0 aromatic carbocycles. The van der Waals surface area contributed by atoms with E-state index in [0.717, 1.165) is 43.5 Å². The first-order valence-electron chi connectivity index (χ1n) is 8.05. The number of thiazole rings is 1. The Morgan fingerprint density at radius 2 is 1.95 bits per heavy atom. The molecular weight excluding hydrogens is 300 g/mol. The molecule has 1 aromatic heterocycles. The van der Waals surface area contributed by atoms with Crippen molar-refractivity contribution in [1.29, 1.82) is 0 Å². The smallest absolute Gasteiger partial charge is 0.306 e. The normalized spacial score (nSPS) is 27.5. The zero-order valence-electron chi connectivity index (χ0n) is 12.6. The third kappa shape index (κ3) is 3.02. The van der Waals surface area contributed by atoms with Crippen LogP contribution in [0, 0.1) is 11.8 Å². The summed E-state index contributed by atoms with van der Waals surface area (Å²) in [5.41, 5.74) is -0.318. The van der Waals surface area contributed by atoms with Gasteiger partial charge < -0.3 is 10.4 Å². The summed E-state index contributed by atoms with van der Waals surface area (Å²) in [6, 6.07) is 0. The molecule has 1 amide bonds. The van der Waals surface area contributed by atoms with Crippen LogP contribution >= 0.6 is 11.3 Å². The van der Waals surface area contributed by atoms with Gasteiger partial charge >= 0.3 is 5.97 Å². The molecule has 6 heteroatoms. The van der Waals surface area contributed by atoms with Crippen LogP contribution in [0.15, 0.2) is 11.6 Å². The van der Waals surface area contributed by atoms with Crippen LogP contribution < -0.4 is 5.32 Å². The van der Waals surface area contributed by atoms with Crippen molar-refractivity contribution in [1.82, 2.24) is 10.3 Å². The van der Waals surface area contributed by atoms with Gasteiger partial charge in [0.1, 0.15) is 5.01 Å². The Bertz CT molecular complexity index is 538. The maximum absolute atomic E-state index is 12.7. The van der Waals surface area contributed by atoms with Gasteiger partial charge in [0.25, 0.3) is 0 Å². The van der Waals surface area contributed by atoms with Crippen molar-refractivity contribution in [2.45, 2.75) is 56.9 Å². The van der Waals surface area contributed by atoms with Gasteiger partial charge in [-0.3, -0.25) is 9.59 Å². The number of hydrogen-bond acceptors (Lipinski definition) is 4. The van der Waals surface area contributed by atoms with E-state index in [1.54, 1.807) is 17.5 Å². The molecule has 22 heavy (non-hydrogen) atoms. The van der Waals surface area contributed by atoms with E-state index in [1.165, 1.54) is 0 Å². The van der Waals surface area contributed by atoms with Crippen LogP contribution in [0.4, 0.5) is 0 Å². The first kappa shape index (κ1) is 15.5. The molecule has 0 saturated heterocycles. The maximum Gasteiger partial charge on any atom is 0.306 e. The molecule has 2 fully saturated rings. The summed E-state index contributed by atoms with van der Waals surface area (Å²) in [5.74, 6) is -1.30. The van der Waals surface area contributed by atoms with Gasteiger partial charge in [0.15, 0.2) is 0 Å². The number of hydrogen-bond donors (Lipinski definition) is 2. The summed E-state index contributed by atoms with van der Waals surface area (Å²) in [5, 5.41) is 15.4. The number of nitrogens with zero attached hydrogens (tertiary/aromatic N) is 1. The number of carboxylic acids is 1. The highest BCUT2D eigenvalue weighted by atomic mass is 32.1. The predicted molar refractivity (Wildman–Crippen MR) is 83.5 cm³/mol. The lowest BCUT2D eigenvalue weighted by molar-refractivity contribution is -0.144. The summed E-state index contributed by atoms with van der Waals surface area (Å²) in [7, 11) is 0. The van der Waals surface area contributed by atoms with Crippen LogP contribution in [0.3, 0.4) is 0 Å². The van der Waals surface area contributed by atoms with Crippen molar-refractivity contribution in [2.75, 3.05) is 0 Å². The Kier molecular flexibility index (Phi) is 4.47. The number of nitrogens with one attached hydrogen (secondary N) is 1. The van der Waals surface area contributed by atoms with Gasteiger partial charge in [-0.15, -0.1) is 11.3 Å². The Hall–Kier alpha value is -1.43. The molecule has 0 spiro atoms.